The van der Waals surface area contributed by atoms with Crippen LogP contribution in [0.5, 0.6) is 0 Å². The first-order valence-corrected chi connectivity index (χ1v) is 17.5. The molecule has 1 saturated carbocycles. The minimum atomic E-state index is -2.01. The van der Waals surface area contributed by atoms with Gasteiger partial charge in [0.05, 0.1) is 12.2 Å². The number of carbonyl (C=O) groups excluding carboxylic acids is 1. The van der Waals surface area contributed by atoms with Gasteiger partial charge in [-0.15, -0.1) is 0 Å². The zero-order valence-corrected chi connectivity index (χ0v) is 23.3. The first kappa shape index (κ1) is 24.6. The van der Waals surface area contributed by atoms with E-state index in [1.165, 1.54) is 5.57 Å². The van der Waals surface area contributed by atoms with Crippen LogP contribution in [0, 0.1) is 5.92 Å². The molecule has 2 aliphatic carbocycles. The lowest BCUT2D eigenvalue weighted by Crippen LogP contribution is -2.51. The van der Waals surface area contributed by atoms with Gasteiger partial charge >= 0.3 is 0 Å². The second-order valence-electron chi connectivity index (χ2n) is 12.5. The molecule has 0 unspecified atom stereocenters. The third kappa shape index (κ3) is 4.70. The summed E-state index contributed by atoms with van der Waals surface area (Å²) in [5.74, 6) is 0.410. The number of hydrogen-bond acceptors (Lipinski definition) is 3. The minimum absolute atomic E-state index is 0.0295. The number of hydrogen-bond donors (Lipinski definition) is 0. The molecular weight excluding hydrogens is 416 g/mol. The van der Waals surface area contributed by atoms with E-state index in [2.05, 4.69) is 79.9 Å². The molecule has 3 atom stereocenters. The van der Waals surface area contributed by atoms with Gasteiger partial charge in [-0.3, -0.25) is 4.79 Å². The Bertz CT molecular complexity index is 857. The van der Waals surface area contributed by atoms with E-state index in [1.807, 2.05) is 18.2 Å². The van der Waals surface area contributed by atoms with E-state index in [1.54, 1.807) is 0 Å². The topological polar surface area (TPSA) is 35.5 Å². The van der Waals surface area contributed by atoms with Crippen LogP contribution in [0.2, 0.25) is 36.3 Å². The third-order valence-corrected chi connectivity index (χ3v) is 17.2. The Kier molecular flexibility index (Phi) is 6.42. The summed E-state index contributed by atoms with van der Waals surface area (Å²) in [5.41, 5.74) is 3.24. The Labute approximate surface area is 191 Å². The Morgan fingerprint density at radius 1 is 0.806 bits per heavy atom. The van der Waals surface area contributed by atoms with Crippen molar-refractivity contribution in [2.24, 2.45) is 5.92 Å². The molecule has 172 valence electrons. The Morgan fingerprint density at radius 2 is 1.32 bits per heavy atom. The molecule has 3 nitrogen and oxygen atoms in total. The number of carbonyl (C=O) groups is 1. The average Bonchev–Trinajstić information content (AvgIpc) is 3.08. The van der Waals surface area contributed by atoms with Crippen LogP contribution in [0.3, 0.4) is 0 Å². The van der Waals surface area contributed by atoms with Crippen molar-refractivity contribution in [3.63, 3.8) is 0 Å². The molecule has 0 heterocycles. The van der Waals surface area contributed by atoms with Crippen LogP contribution < -0.4 is 0 Å². The van der Waals surface area contributed by atoms with Gasteiger partial charge < -0.3 is 8.85 Å². The smallest absolute Gasteiger partial charge is 0.192 e. The zero-order chi connectivity index (χ0) is 23.4. The Hall–Kier alpha value is -1.02. The first-order chi connectivity index (χ1) is 14.1. The molecule has 31 heavy (non-hydrogen) atoms. The number of Topliss-reactive ketones (excluding diaryl/α,β-unsaturated/α-hetero) is 1. The van der Waals surface area contributed by atoms with Gasteiger partial charge in [-0.2, -0.15) is 0 Å². The highest BCUT2D eigenvalue weighted by Crippen LogP contribution is 2.51. The van der Waals surface area contributed by atoms with E-state index >= 15 is 0 Å². The van der Waals surface area contributed by atoms with Crippen molar-refractivity contribution in [3.05, 3.63) is 41.5 Å². The molecule has 2 aliphatic rings. The van der Waals surface area contributed by atoms with Gasteiger partial charge in [0.2, 0.25) is 0 Å². The van der Waals surface area contributed by atoms with Gasteiger partial charge in [-0.05, 0) is 53.8 Å². The van der Waals surface area contributed by atoms with Crippen LogP contribution in [0.15, 0.2) is 35.9 Å². The molecule has 0 radical (unpaired) electrons. The number of fused-ring (bicyclic) bond motifs is 1. The van der Waals surface area contributed by atoms with Crippen molar-refractivity contribution in [2.75, 3.05) is 0 Å². The van der Waals surface area contributed by atoms with Gasteiger partial charge in [0.15, 0.2) is 22.4 Å². The van der Waals surface area contributed by atoms with Crippen molar-refractivity contribution in [2.45, 2.75) is 103 Å². The predicted molar refractivity (Wildman–Crippen MR) is 135 cm³/mol. The van der Waals surface area contributed by atoms with E-state index in [9.17, 15) is 4.79 Å². The Morgan fingerprint density at radius 3 is 1.84 bits per heavy atom. The minimum Gasteiger partial charge on any atom is -0.411 e. The maximum absolute atomic E-state index is 13.1. The molecule has 3 rings (SSSR count). The maximum atomic E-state index is 13.1. The third-order valence-electron chi connectivity index (χ3n) is 8.19. The molecule has 1 aromatic carbocycles. The van der Waals surface area contributed by atoms with E-state index in [0.717, 1.165) is 17.6 Å². The van der Waals surface area contributed by atoms with Crippen molar-refractivity contribution < 1.29 is 13.6 Å². The first-order valence-electron chi connectivity index (χ1n) is 11.7. The monoisotopic (exact) mass is 458 g/mol. The molecule has 0 spiro atoms. The summed E-state index contributed by atoms with van der Waals surface area (Å²) < 4.78 is 14.0. The van der Waals surface area contributed by atoms with Crippen LogP contribution in [0.1, 0.15) is 59.9 Å². The van der Waals surface area contributed by atoms with Gasteiger partial charge in [0, 0.05) is 17.9 Å². The molecular formula is C26H42O3Si2. The lowest BCUT2D eigenvalue weighted by Gasteiger charge is -2.44. The van der Waals surface area contributed by atoms with Gasteiger partial charge in [0.1, 0.15) is 0 Å². The summed E-state index contributed by atoms with van der Waals surface area (Å²) in [7, 11) is -3.99. The van der Waals surface area contributed by atoms with Crippen LogP contribution in [-0.4, -0.2) is 34.6 Å². The normalized spacial score (nSPS) is 25.4. The SMILES string of the molecule is CC(C)(C)[Si](C)(C)O[C@@H]1[C@@H](O[Si](C)(C)C(C)(C)C)CC2=C(c3ccccc3)C(=O)C[C@@H]21. The summed E-state index contributed by atoms with van der Waals surface area (Å²) in [5, 5.41) is 0.255. The molecule has 1 aromatic rings. The van der Waals surface area contributed by atoms with E-state index in [0.29, 0.717) is 6.42 Å². The lowest BCUT2D eigenvalue weighted by molar-refractivity contribution is -0.114. The quantitative estimate of drug-likeness (QED) is 0.437. The van der Waals surface area contributed by atoms with Crippen LogP contribution in [0.4, 0.5) is 0 Å². The van der Waals surface area contributed by atoms with Crippen LogP contribution in [-0.2, 0) is 13.6 Å². The highest BCUT2D eigenvalue weighted by Gasteiger charge is 2.53. The standard InChI is InChI=1S/C26H42O3Si2/c1-25(2,3)30(7,8)28-22-17-19-20(24(22)29-31(9,10)26(4,5)6)16-21(27)23(19)18-14-12-11-13-15-18/h11-15,20,22,24H,16-17H2,1-10H3/t20-,22-,24-/m0/s1. The highest BCUT2D eigenvalue weighted by molar-refractivity contribution is 6.74. The fraction of sp³-hybridized carbons (Fsp3) is 0.654. The largest absolute Gasteiger partial charge is 0.411 e. The van der Waals surface area contributed by atoms with Crippen LogP contribution >= 0.6 is 0 Å². The molecule has 0 amide bonds. The molecule has 0 saturated heterocycles. The fourth-order valence-electron chi connectivity index (χ4n) is 4.24. The maximum Gasteiger partial charge on any atom is 0.192 e. The molecule has 0 N–H and O–H groups in total. The molecule has 0 bridgehead atoms. The molecule has 5 heteroatoms. The zero-order valence-electron chi connectivity index (χ0n) is 21.3. The van der Waals surface area contributed by atoms with Gasteiger partial charge in [0.25, 0.3) is 0 Å². The highest BCUT2D eigenvalue weighted by atomic mass is 28.4. The van der Waals surface area contributed by atoms with Crippen molar-refractivity contribution in [3.8, 4) is 0 Å². The average molecular weight is 459 g/mol. The van der Waals surface area contributed by atoms with E-state index in [4.69, 9.17) is 8.85 Å². The van der Waals surface area contributed by atoms with E-state index in [-0.39, 0.29) is 34.0 Å². The van der Waals surface area contributed by atoms with Gasteiger partial charge in [-0.25, -0.2) is 0 Å². The molecule has 1 fully saturated rings. The summed E-state index contributed by atoms with van der Waals surface area (Å²) in [6.45, 7) is 23.0. The summed E-state index contributed by atoms with van der Waals surface area (Å²) in [6.07, 6.45) is 1.36. The number of benzene rings is 1. The second-order valence-corrected chi connectivity index (χ2v) is 22.0. The van der Waals surface area contributed by atoms with Crippen molar-refractivity contribution in [1.29, 1.82) is 0 Å². The number of ketones is 1. The predicted octanol–water partition coefficient (Wildman–Crippen LogP) is 7.21. The molecule has 0 aliphatic heterocycles. The van der Waals surface area contributed by atoms with E-state index < -0.39 is 16.6 Å². The molecule has 0 aromatic heterocycles. The second kappa shape index (κ2) is 8.09. The van der Waals surface area contributed by atoms with Crippen molar-refractivity contribution in [1.82, 2.24) is 0 Å². The fourth-order valence-corrected chi connectivity index (χ4v) is 6.92. The Balaban J connectivity index is 2.03. The van der Waals surface area contributed by atoms with Crippen LogP contribution in [0.25, 0.3) is 5.57 Å². The van der Waals surface area contributed by atoms with Gasteiger partial charge in [-0.1, -0.05) is 71.9 Å². The lowest BCUT2D eigenvalue weighted by atomic mass is 10.00. The summed E-state index contributed by atoms with van der Waals surface area (Å²) >= 11 is 0. The number of rotatable bonds is 5. The summed E-state index contributed by atoms with van der Waals surface area (Å²) in [6, 6.07) is 10.2. The number of allylic oxidation sites excluding steroid dienone is 1. The summed E-state index contributed by atoms with van der Waals surface area (Å²) in [4.78, 5) is 13.1. The van der Waals surface area contributed by atoms with Crippen molar-refractivity contribution >= 4 is 28.0 Å².